The maximum Gasteiger partial charge on any atom is 0.224 e. The molecule has 0 saturated carbocycles. The number of benzene rings is 1. The van der Waals surface area contributed by atoms with E-state index in [4.69, 9.17) is 5.73 Å². The molecular weight excluding hydrogens is 248 g/mol. The van der Waals surface area contributed by atoms with Gasteiger partial charge in [-0.05, 0) is 54.9 Å². The van der Waals surface area contributed by atoms with Gasteiger partial charge < -0.3 is 11.1 Å². The van der Waals surface area contributed by atoms with E-state index in [0.29, 0.717) is 18.0 Å². The minimum atomic E-state index is 0.0386. The first-order chi connectivity index (χ1) is 9.08. The Hall–Kier alpha value is -1.51. The molecule has 0 aromatic heterocycles. The summed E-state index contributed by atoms with van der Waals surface area (Å²) in [6, 6.07) is 3.85. The number of carbonyl (C=O) groups excluding carboxylic acids is 1. The number of nitrogen functional groups attached to an aromatic ring is 1. The molecule has 0 aliphatic heterocycles. The Balaban J connectivity index is 2.65. The largest absolute Gasteiger partial charge is 0.397 e. The molecule has 0 spiro atoms. The van der Waals surface area contributed by atoms with Crippen molar-refractivity contribution in [1.29, 1.82) is 0 Å². The molecular formula is C17H28N2O. The molecule has 0 saturated heterocycles. The molecule has 0 radical (unpaired) electrons. The predicted molar refractivity (Wildman–Crippen MR) is 86.8 cm³/mol. The van der Waals surface area contributed by atoms with Crippen molar-refractivity contribution in [3.63, 3.8) is 0 Å². The van der Waals surface area contributed by atoms with Gasteiger partial charge in [-0.25, -0.2) is 0 Å². The van der Waals surface area contributed by atoms with Crippen LogP contribution < -0.4 is 11.1 Å². The van der Waals surface area contributed by atoms with Gasteiger partial charge in [-0.3, -0.25) is 4.79 Å². The van der Waals surface area contributed by atoms with Gasteiger partial charge in [0.1, 0.15) is 0 Å². The number of anilines is 2. The van der Waals surface area contributed by atoms with Crippen LogP contribution in [0.1, 0.15) is 51.7 Å². The van der Waals surface area contributed by atoms with E-state index in [1.165, 1.54) is 0 Å². The molecule has 1 rings (SSSR count). The third-order valence-corrected chi connectivity index (χ3v) is 3.43. The molecule has 1 unspecified atom stereocenters. The lowest BCUT2D eigenvalue weighted by Crippen LogP contribution is -2.19. The van der Waals surface area contributed by atoms with Gasteiger partial charge in [0.05, 0.1) is 11.4 Å². The lowest BCUT2D eigenvalue weighted by molar-refractivity contribution is -0.117. The minimum Gasteiger partial charge on any atom is -0.397 e. The van der Waals surface area contributed by atoms with E-state index in [1.807, 2.05) is 26.0 Å². The van der Waals surface area contributed by atoms with Crippen LogP contribution in [0.25, 0.3) is 0 Å². The van der Waals surface area contributed by atoms with Gasteiger partial charge in [-0.1, -0.05) is 27.7 Å². The monoisotopic (exact) mass is 276 g/mol. The standard InChI is InChI=1S/C17H28N2O/c1-11(10-17(4,5)6)7-16(20)19-15-9-13(3)12(2)8-14(15)18/h8-9,11H,7,10,18H2,1-6H3,(H,19,20). The van der Waals surface area contributed by atoms with E-state index >= 15 is 0 Å². The third-order valence-electron chi connectivity index (χ3n) is 3.43. The lowest BCUT2D eigenvalue weighted by atomic mass is 9.84. The number of hydrogen-bond acceptors (Lipinski definition) is 2. The van der Waals surface area contributed by atoms with Crippen molar-refractivity contribution >= 4 is 17.3 Å². The molecule has 3 nitrogen and oxygen atoms in total. The second-order valence-corrected chi connectivity index (χ2v) is 7.15. The molecule has 112 valence electrons. The van der Waals surface area contributed by atoms with Crippen LogP contribution in [0.15, 0.2) is 12.1 Å². The molecule has 1 atom stereocenters. The van der Waals surface area contributed by atoms with Crippen molar-refractivity contribution in [1.82, 2.24) is 0 Å². The van der Waals surface area contributed by atoms with E-state index in [2.05, 4.69) is 33.0 Å². The van der Waals surface area contributed by atoms with Gasteiger partial charge in [0.25, 0.3) is 0 Å². The number of hydrogen-bond donors (Lipinski definition) is 2. The Morgan fingerprint density at radius 3 is 2.35 bits per heavy atom. The quantitative estimate of drug-likeness (QED) is 0.806. The minimum absolute atomic E-state index is 0.0386. The van der Waals surface area contributed by atoms with Crippen molar-refractivity contribution in [2.45, 2.75) is 54.4 Å². The molecule has 0 bridgehead atoms. The molecule has 0 fully saturated rings. The first kappa shape index (κ1) is 16.5. The summed E-state index contributed by atoms with van der Waals surface area (Å²) in [6.07, 6.45) is 1.56. The zero-order chi connectivity index (χ0) is 15.5. The molecule has 0 aliphatic carbocycles. The highest BCUT2D eigenvalue weighted by Gasteiger charge is 2.18. The summed E-state index contributed by atoms with van der Waals surface area (Å²) in [4.78, 5) is 12.1. The zero-order valence-electron chi connectivity index (χ0n) is 13.6. The van der Waals surface area contributed by atoms with Crippen molar-refractivity contribution in [2.75, 3.05) is 11.1 Å². The fourth-order valence-electron chi connectivity index (χ4n) is 2.58. The normalized spacial score (nSPS) is 13.1. The average molecular weight is 276 g/mol. The van der Waals surface area contributed by atoms with Crippen LogP contribution in [0.5, 0.6) is 0 Å². The Morgan fingerprint density at radius 2 is 1.80 bits per heavy atom. The fourth-order valence-corrected chi connectivity index (χ4v) is 2.58. The number of amides is 1. The van der Waals surface area contributed by atoms with E-state index in [1.54, 1.807) is 0 Å². The predicted octanol–water partition coefficient (Wildman–Crippen LogP) is 4.29. The summed E-state index contributed by atoms with van der Waals surface area (Å²) in [7, 11) is 0. The van der Waals surface area contributed by atoms with E-state index in [9.17, 15) is 4.79 Å². The maximum atomic E-state index is 12.1. The van der Waals surface area contributed by atoms with Crippen LogP contribution in [0, 0.1) is 25.2 Å². The summed E-state index contributed by atoms with van der Waals surface area (Å²) in [5.74, 6) is 0.402. The summed E-state index contributed by atoms with van der Waals surface area (Å²) in [5, 5.41) is 2.93. The van der Waals surface area contributed by atoms with Crippen LogP contribution >= 0.6 is 0 Å². The number of nitrogens with one attached hydrogen (secondary N) is 1. The smallest absolute Gasteiger partial charge is 0.224 e. The number of carbonyl (C=O) groups is 1. The summed E-state index contributed by atoms with van der Waals surface area (Å²) >= 11 is 0. The van der Waals surface area contributed by atoms with Gasteiger partial charge in [0.2, 0.25) is 5.91 Å². The highest BCUT2D eigenvalue weighted by Crippen LogP contribution is 2.27. The molecule has 1 aromatic carbocycles. The maximum absolute atomic E-state index is 12.1. The third kappa shape index (κ3) is 5.24. The summed E-state index contributed by atoms with van der Waals surface area (Å²) in [6.45, 7) is 12.7. The molecule has 0 aliphatic rings. The first-order valence-corrected chi connectivity index (χ1v) is 7.25. The topological polar surface area (TPSA) is 55.1 Å². The molecule has 1 amide bonds. The molecule has 3 N–H and O–H groups in total. The molecule has 1 aromatic rings. The van der Waals surface area contributed by atoms with E-state index in [-0.39, 0.29) is 11.3 Å². The molecule has 20 heavy (non-hydrogen) atoms. The Morgan fingerprint density at radius 1 is 1.25 bits per heavy atom. The van der Waals surface area contributed by atoms with Crippen LogP contribution in [0.2, 0.25) is 0 Å². The van der Waals surface area contributed by atoms with Crippen LogP contribution in [-0.4, -0.2) is 5.91 Å². The van der Waals surface area contributed by atoms with E-state index in [0.717, 1.165) is 23.2 Å². The Labute approximate surface area is 122 Å². The molecule has 0 heterocycles. The Kier molecular flexibility index (Phi) is 5.21. The van der Waals surface area contributed by atoms with Crippen molar-refractivity contribution in [3.05, 3.63) is 23.3 Å². The van der Waals surface area contributed by atoms with Crippen molar-refractivity contribution in [2.24, 2.45) is 11.3 Å². The van der Waals surface area contributed by atoms with Gasteiger partial charge in [-0.15, -0.1) is 0 Å². The average Bonchev–Trinajstić information content (AvgIpc) is 2.22. The highest BCUT2D eigenvalue weighted by molar-refractivity contribution is 5.94. The second kappa shape index (κ2) is 6.29. The summed E-state index contributed by atoms with van der Waals surface area (Å²) < 4.78 is 0. The number of nitrogens with two attached hydrogens (primary N) is 1. The first-order valence-electron chi connectivity index (χ1n) is 7.25. The fraction of sp³-hybridized carbons (Fsp3) is 0.588. The summed E-state index contributed by atoms with van der Waals surface area (Å²) in [5.41, 5.74) is 9.84. The van der Waals surface area contributed by atoms with Crippen molar-refractivity contribution < 1.29 is 4.79 Å². The van der Waals surface area contributed by atoms with Gasteiger partial charge in [0, 0.05) is 6.42 Å². The van der Waals surface area contributed by atoms with Crippen LogP contribution in [0.3, 0.4) is 0 Å². The lowest BCUT2D eigenvalue weighted by Gasteiger charge is -2.23. The molecule has 3 heteroatoms. The van der Waals surface area contributed by atoms with Gasteiger partial charge >= 0.3 is 0 Å². The van der Waals surface area contributed by atoms with Crippen LogP contribution in [-0.2, 0) is 4.79 Å². The number of aryl methyl sites for hydroxylation is 2. The van der Waals surface area contributed by atoms with Crippen LogP contribution in [0.4, 0.5) is 11.4 Å². The number of rotatable bonds is 4. The van der Waals surface area contributed by atoms with Gasteiger partial charge in [0.15, 0.2) is 0 Å². The highest BCUT2D eigenvalue weighted by atomic mass is 16.1. The van der Waals surface area contributed by atoms with E-state index < -0.39 is 0 Å². The second-order valence-electron chi connectivity index (χ2n) is 7.15. The Bertz CT molecular complexity index is 486. The zero-order valence-corrected chi connectivity index (χ0v) is 13.6. The van der Waals surface area contributed by atoms with Gasteiger partial charge in [-0.2, -0.15) is 0 Å². The SMILES string of the molecule is Cc1cc(N)c(NC(=O)CC(C)CC(C)(C)C)cc1C. The van der Waals surface area contributed by atoms with Crippen molar-refractivity contribution in [3.8, 4) is 0 Å².